The van der Waals surface area contributed by atoms with Crippen LogP contribution in [0.25, 0.3) is 0 Å². The molecule has 1 unspecified atom stereocenters. The van der Waals surface area contributed by atoms with Gasteiger partial charge >= 0.3 is 0 Å². The first-order chi connectivity index (χ1) is 14.9. The van der Waals surface area contributed by atoms with Crippen LogP contribution in [0.3, 0.4) is 0 Å². The highest BCUT2D eigenvalue weighted by Crippen LogP contribution is 2.33. The van der Waals surface area contributed by atoms with Crippen molar-refractivity contribution < 1.29 is 27.4 Å². The molecular formula is C21H31N3O6S. The largest absolute Gasteiger partial charge is 0.490 e. The molecule has 3 aliphatic heterocycles. The molecule has 4 rings (SSSR count). The summed E-state index contributed by atoms with van der Waals surface area (Å²) in [5, 5.41) is 0. The van der Waals surface area contributed by atoms with E-state index in [-0.39, 0.29) is 30.0 Å². The number of carbonyl (C=O) groups is 1. The Bertz CT molecular complexity index is 879. The Labute approximate surface area is 183 Å². The van der Waals surface area contributed by atoms with E-state index in [0.29, 0.717) is 44.3 Å². The van der Waals surface area contributed by atoms with Gasteiger partial charge < -0.3 is 19.1 Å². The summed E-state index contributed by atoms with van der Waals surface area (Å²) in [7, 11) is -1.74. The van der Waals surface area contributed by atoms with E-state index in [4.69, 9.17) is 14.2 Å². The third-order valence-corrected chi connectivity index (χ3v) is 7.79. The first-order valence-electron chi connectivity index (χ1n) is 10.9. The van der Waals surface area contributed by atoms with Crippen LogP contribution in [-0.4, -0.2) is 101 Å². The molecule has 2 saturated heterocycles. The number of amides is 1. The van der Waals surface area contributed by atoms with Gasteiger partial charge in [0.2, 0.25) is 15.9 Å². The number of piperazine rings is 1. The number of benzene rings is 1. The van der Waals surface area contributed by atoms with Crippen molar-refractivity contribution in [2.45, 2.75) is 30.3 Å². The van der Waals surface area contributed by atoms with Crippen molar-refractivity contribution >= 4 is 15.9 Å². The van der Waals surface area contributed by atoms with E-state index in [1.807, 2.05) is 11.9 Å². The van der Waals surface area contributed by atoms with Gasteiger partial charge in [-0.3, -0.25) is 9.69 Å². The minimum Gasteiger partial charge on any atom is -0.490 e. The predicted molar refractivity (Wildman–Crippen MR) is 114 cm³/mol. The van der Waals surface area contributed by atoms with Crippen LogP contribution in [0.1, 0.15) is 19.3 Å². The number of carbonyl (C=O) groups excluding carboxylic acids is 1. The Morgan fingerprint density at radius 1 is 1.06 bits per heavy atom. The topological polar surface area (TPSA) is 88.6 Å². The number of fused-ring (bicyclic) bond motifs is 1. The lowest BCUT2D eigenvalue weighted by molar-refractivity contribution is -0.133. The van der Waals surface area contributed by atoms with Gasteiger partial charge in [0.25, 0.3) is 0 Å². The zero-order valence-corrected chi connectivity index (χ0v) is 18.8. The summed E-state index contributed by atoms with van der Waals surface area (Å²) in [6.45, 7) is 4.23. The van der Waals surface area contributed by atoms with Crippen molar-refractivity contribution in [3.63, 3.8) is 0 Å². The molecule has 172 valence electrons. The molecule has 3 aliphatic rings. The second-order valence-electron chi connectivity index (χ2n) is 8.28. The van der Waals surface area contributed by atoms with E-state index in [1.165, 1.54) is 10.4 Å². The minimum absolute atomic E-state index is 0.0214. The average Bonchev–Trinajstić information content (AvgIpc) is 3.15. The van der Waals surface area contributed by atoms with E-state index in [9.17, 15) is 13.2 Å². The highest BCUT2D eigenvalue weighted by molar-refractivity contribution is 7.89. The second kappa shape index (κ2) is 9.72. The molecule has 0 aliphatic carbocycles. The Morgan fingerprint density at radius 2 is 1.81 bits per heavy atom. The van der Waals surface area contributed by atoms with Gasteiger partial charge in [-0.25, -0.2) is 8.42 Å². The molecule has 0 N–H and O–H groups in total. The molecule has 3 heterocycles. The number of hydrogen-bond donors (Lipinski definition) is 0. The van der Waals surface area contributed by atoms with Crippen LogP contribution in [-0.2, 0) is 19.6 Å². The summed E-state index contributed by atoms with van der Waals surface area (Å²) in [6, 6.07) is 4.74. The second-order valence-corrected chi connectivity index (χ2v) is 10.2. The third kappa shape index (κ3) is 5.31. The minimum atomic E-state index is -3.66. The highest BCUT2D eigenvalue weighted by Gasteiger charge is 2.31. The lowest BCUT2D eigenvalue weighted by atomic mass is 10.2. The molecule has 10 heteroatoms. The summed E-state index contributed by atoms with van der Waals surface area (Å²) in [5.41, 5.74) is 0. The maximum Gasteiger partial charge on any atom is 0.243 e. The van der Waals surface area contributed by atoms with E-state index in [1.54, 1.807) is 17.0 Å². The van der Waals surface area contributed by atoms with E-state index < -0.39 is 10.0 Å². The van der Waals surface area contributed by atoms with Crippen LogP contribution in [0.15, 0.2) is 23.1 Å². The van der Waals surface area contributed by atoms with Crippen LogP contribution in [0.2, 0.25) is 0 Å². The van der Waals surface area contributed by atoms with Crippen molar-refractivity contribution in [2.24, 2.45) is 0 Å². The molecule has 0 radical (unpaired) electrons. The smallest absolute Gasteiger partial charge is 0.243 e. The van der Waals surface area contributed by atoms with Crippen molar-refractivity contribution in [3.05, 3.63) is 18.2 Å². The fourth-order valence-corrected chi connectivity index (χ4v) is 5.60. The van der Waals surface area contributed by atoms with E-state index in [2.05, 4.69) is 0 Å². The van der Waals surface area contributed by atoms with Crippen LogP contribution in [0.4, 0.5) is 0 Å². The van der Waals surface area contributed by atoms with Gasteiger partial charge in [0.1, 0.15) is 0 Å². The van der Waals surface area contributed by atoms with Crippen molar-refractivity contribution in [1.29, 1.82) is 0 Å². The van der Waals surface area contributed by atoms with Crippen LogP contribution >= 0.6 is 0 Å². The normalized spacial score (nSPS) is 22.5. The Balaban J connectivity index is 1.32. The monoisotopic (exact) mass is 453 g/mol. The van der Waals surface area contributed by atoms with Crippen LogP contribution in [0, 0.1) is 0 Å². The van der Waals surface area contributed by atoms with Crippen molar-refractivity contribution in [2.75, 3.05) is 66.1 Å². The SMILES string of the molecule is CN(CC(=O)N1CCN(S(=O)(=O)c2ccc3c(c2)OCCCO3)CC1)CC1CCCO1. The molecule has 9 nitrogen and oxygen atoms in total. The zero-order valence-electron chi connectivity index (χ0n) is 18.0. The highest BCUT2D eigenvalue weighted by atomic mass is 32.2. The molecule has 1 amide bonds. The lowest BCUT2D eigenvalue weighted by Gasteiger charge is -2.35. The number of sulfonamides is 1. The number of nitrogens with zero attached hydrogens (tertiary/aromatic N) is 3. The quantitative estimate of drug-likeness (QED) is 0.629. The van der Waals surface area contributed by atoms with Crippen molar-refractivity contribution in [3.8, 4) is 11.5 Å². The van der Waals surface area contributed by atoms with Crippen LogP contribution in [0.5, 0.6) is 11.5 Å². The fourth-order valence-electron chi connectivity index (χ4n) is 4.16. The summed E-state index contributed by atoms with van der Waals surface area (Å²) in [6.07, 6.45) is 3.08. The standard InChI is InChI=1S/C21H31N3O6S/c1-22(15-17-4-2-11-28-17)16-21(25)23-7-9-24(10-8-23)31(26,27)18-5-6-19-20(14-18)30-13-3-12-29-19/h5-6,14,17H,2-4,7-13,15-16H2,1H3. The molecule has 0 bridgehead atoms. The van der Waals surface area contributed by atoms with Crippen molar-refractivity contribution in [1.82, 2.24) is 14.1 Å². The average molecular weight is 454 g/mol. The lowest BCUT2D eigenvalue weighted by Crippen LogP contribution is -2.52. The summed E-state index contributed by atoms with van der Waals surface area (Å²) >= 11 is 0. The number of rotatable bonds is 6. The summed E-state index contributed by atoms with van der Waals surface area (Å²) in [5.74, 6) is 1.05. The van der Waals surface area contributed by atoms with Gasteiger partial charge in [-0.05, 0) is 32.0 Å². The number of ether oxygens (including phenoxy) is 3. The maximum atomic E-state index is 13.1. The van der Waals surface area contributed by atoms with Gasteiger partial charge in [-0.1, -0.05) is 0 Å². The summed E-state index contributed by atoms with van der Waals surface area (Å²) < 4.78 is 44.5. The molecule has 0 aromatic heterocycles. The molecule has 1 aromatic carbocycles. The number of likely N-dealkylation sites (N-methyl/N-ethyl adjacent to an activating group) is 1. The van der Waals surface area contributed by atoms with Gasteiger partial charge in [0.05, 0.1) is 30.8 Å². The van der Waals surface area contributed by atoms with Gasteiger partial charge in [-0.2, -0.15) is 4.31 Å². The molecule has 2 fully saturated rings. The zero-order chi connectivity index (χ0) is 21.8. The molecule has 1 aromatic rings. The first-order valence-corrected chi connectivity index (χ1v) is 12.4. The Kier molecular flexibility index (Phi) is 7.00. The van der Waals surface area contributed by atoms with Gasteiger partial charge in [0, 0.05) is 51.8 Å². The van der Waals surface area contributed by atoms with E-state index >= 15 is 0 Å². The molecule has 1 atom stereocenters. The van der Waals surface area contributed by atoms with Gasteiger partial charge in [0.15, 0.2) is 11.5 Å². The predicted octanol–water partition coefficient (Wildman–Crippen LogP) is 0.792. The molecule has 0 saturated carbocycles. The molecule has 31 heavy (non-hydrogen) atoms. The fraction of sp³-hybridized carbons (Fsp3) is 0.667. The third-order valence-electron chi connectivity index (χ3n) is 5.89. The number of hydrogen-bond acceptors (Lipinski definition) is 7. The Morgan fingerprint density at radius 3 is 2.52 bits per heavy atom. The van der Waals surface area contributed by atoms with E-state index in [0.717, 1.165) is 32.4 Å². The first kappa shape index (κ1) is 22.3. The molecule has 0 spiro atoms. The van der Waals surface area contributed by atoms with Crippen LogP contribution < -0.4 is 9.47 Å². The van der Waals surface area contributed by atoms with Gasteiger partial charge in [-0.15, -0.1) is 0 Å². The maximum absolute atomic E-state index is 13.1. The molecular weight excluding hydrogens is 422 g/mol. The Hall–Kier alpha value is -1.88. The summed E-state index contributed by atoms with van der Waals surface area (Å²) in [4.78, 5) is 16.6.